The molecule has 0 heterocycles. The molecule has 0 unspecified atom stereocenters. The number of hydrogen-bond acceptors (Lipinski definition) is 1. The summed E-state index contributed by atoms with van der Waals surface area (Å²) in [5.41, 5.74) is 0.717. The maximum Gasteiger partial charge on any atom is 0.136 e. The topological polar surface area (TPSA) is 23.1 Å². The molecule has 4 aromatic carbocycles. The van der Waals surface area contributed by atoms with Crippen LogP contribution in [0.15, 0.2) is 127 Å². The van der Waals surface area contributed by atoms with Crippen molar-refractivity contribution in [1.29, 1.82) is 0 Å². The Hall–Kier alpha value is -2.12. The fraction of sp³-hybridized carbons (Fsp3) is 0. The Kier molecular flexibility index (Phi) is 8.51. The van der Waals surface area contributed by atoms with Gasteiger partial charge in [-0.05, 0) is 42.0 Å². The van der Waals surface area contributed by atoms with E-state index in [1.165, 1.54) is 15.9 Å². The summed E-state index contributed by atoms with van der Waals surface area (Å²) in [6, 6.07) is 40.8. The standard InChI is InChI=1S/C26H21OP.Au.ClH/c27-26(22-13-5-1-6-14-22)21-28(23-15-7-2-8-16-23,24-17-9-3-10-18-24)25-19-11-4-12-20-25;;/h1-21H;;1H/q;+1;/p-1/b26-21-;;. The molecule has 0 aliphatic rings. The van der Waals surface area contributed by atoms with E-state index in [9.17, 15) is 5.11 Å². The summed E-state index contributed by atoms with van der Waals surface area (Å²) in [7, 11) is 2.33. The van der Waals surface area contributed by atoms with Crippen LogP contribution in [0.2, 0.25) is 0 Å². The van der Waals surface area contributed by atoms with Crippen LogP contribution in [0.3, 0.4) is 0 Å². The van der Waals surface area contributed by atoms with E-state index in [0.29, 0.717) is 0 Å². The summed E-state index contributed by atoms with van der Waals surface area (Å²) in [6.45, 7) is 0. The van der Waals surface area contributed by atoms with Crippen molar-refractivity contribution in [3.8, 4) is 0 Å². The molecule has 0 N–H and O–H groups in total. The van der Waals surface area contributed by atoms with Gasteiger partial charge in [0, 0.05) is 0 Å². The van der Waals surface area contributed by atoms with Gasteiger partial charge in [-0.25, -0.2) is 0 Å². The van der Waals surface area contributed by atoms with Crippen molar-refractivity contribution < 1.29 is 25.1 Å². The molecule has 0 radical (unpaired) electrons. The molecular weight excluding hydrogens is 592 g/mol. The summed E-state index contributed by atoms with van der Waals surface area (Å²) in [5.74, 6) is 2.04. The van der Waals surface area contributed by atoms with Gasteiger partial charge < -0.3 is 5.11 Å². The predicted molar refractivity (Wildman–Crippen MR) is 125 cm³/mol. The zero-order valence-electron chi connectivity index (χ0n) is 16.2. The minimum Gasteiger partial charge on any atom is -0.870 e. The maximum atomic E-state index is 13.4. The van der Waals surface area contributed by atoms with Crippen LogP contribution in [0, 0.1) is 0 Å². The molecule has 154 valence electrons. The third-order valence-corrected chi connectivity index (χ3v) is 8.82. The van der Waals surface area contributed by atoms with Crippen LogP contribution in [0.5, 0.6) is 0 Å². The number of hydrogen-bond donors (Lipinski definition) is 0. The summed E-state index contributed by atoms with van der Waals surface area (Å²) in [6.07, 6.45) is 0. The Morgan fingerprint density at radius 2 is 0.867 bits per heavy atom. The molecule has 0 atom stereocenters. The second kappa shape index (κ2) is 11.3. The van der Waals surface area contributed by atoms with E-state index in [-0.39, 0.29) is 5.76 Å². The van der Waals surface area contributed by atoms with Gasteiger partial charge in [0.1, 0.15) is 23.2 Å². The third-order valence-electron chi connectivity index (χ3n) is 4.86. The fourth-order valence-corrected chi connectivity index (χ4v) is 7.28. The second-order valence-electron chi connectivity index (χ2n) is 6.59. The Morgan fingerprint density at radius 3 is 1.20 bits per heavy atom. The summed E-state index contributed by atoms with van der Waals surface area (Å²) >= 11 is 1.75. The van der Waals surface area contributed by atoms with Gasteiger partial charge in [0.25, 0.3) is 0 Å². The van der Waals surface area contributed by atoms with Gasteiger partial charge >= 0.3 is 29.2 Å². The normalized spacial score (nSPS) is 11.4. The van der Waals surface area contributed by atoms with Crippen LogP contribution in [-0.2, 0) is 20.0 Å². The molecule has 0 amide bonds. The van der Waals surface area contributed by atoms with Gasteiger partial charge in [-0.1, -0.05) is 90.7 Å². The molecule has 4 heteroatoms. The van der Waals surface area contributed by atoms with E-state index in [4.69, 9.17) is 0 Å². The molecule has 0 aliphatic heterocycles. The van der Waals surface area contributed by atoms with Gasteiger partial charge in [-0.3, -0.25) is 0 Å². The molecular formula is C26H21AuClOP. The van der Waals surface area contributed by atoms with E-state index in [1.54, 1.807) is 20.0 Å². The van der Waals surface area contributed by atoms with Gasteiger partial charge in [-0.2, -0.15) is 0 Å². The van der Waals surface area contributed by atoms with E-state index in [2.05, 4.69) is 82.0 Å². The first-order valence-electron chi connectivity index (χ1n) is 9.43. The second-order valence-corrected chi connectivity index (χ2v) is 9.84. The van der Waals surface area contributed by atoms with Crippen molar-refractivity contribution in [2.45, 2.75) is 0 Å². The summed E-state index contributed by atoms with van der Waals surface area (Å²) in [4.78, 5) is 0. The average molecular weight is 613 g/mol. The van der Waals surface area contributed by atoms with Crippen LogP contribution in [0.1, 0.15) is 5.56 Å². The van der Waals surface area contributed by atoms with Crippen LogP contribution in [0.25, 0.3) is 5.76 Å². The molecule has 0 saturated carbocycles. The van der Waals surface area contributed by atoms with E-state index < -0.39 is 7.26 Å². The molecule has 4 rings (SSSR count). The summed E-state index contributed by atoms with van der Waals surface area (Å²) in [5, 5.41) is 16.9. The Labute approximate surface area is 195 Å². The molecule has 0 bridgehead atoms. The average Bonchev–Trinajstić information content (AvgIpc) is 2.86. The van der Waals surface area contributed by atoms with Crippen molar-refractivity contribution in [2.24, 2.45) is 0 Å². The molecule has 4 aromatic rings. The molecule has 0 aliphatic carbocycles. The van der Waals surface area contributed by atoms with Crippen molar-refractivity contribution in [1.82, 2.24) is 0 Å². The van der Waals surface area contributed by atoms with E-state index >= 15 is 0 Å². The first-order valence-corrected chi connectivity index (χ1v) is 14.0. The van der Waals surface area contributed by atoms with Gasteiger partial charge in [0.2, 0.25) is 0 Å². The van der Waals surface area contributed by atoms with Crippen LogP contribution in [0.4, 0.5) is 0 Å². The first kappa shape index (κ1) is 22.6. The van der Waals surface area contributed by atoms with Crippen LogP contribution < -0.4 is 21.0 Å². The molecule has 0 aromatic heterocycles. The molecule has 0 saturated heterocycles. The Balaban J connectivity index is 0.00000124. The SMILES string of the molecule is [Cl][Au].[O-]/C(=C\[P+](c1ccccc1)(c1ccccc1)c1ccccc1)c1ccccc1. The number of benzene rings is 4. The Bertz CT molecular complexity index is 959. The smallest absolute Gasteiger partial charge is 0.136 e. The minimum absolute atomic E-state index is 0.0606. The zero-order valence-corrected chi connectivity index (χ0v) is 20.0. The van der Waals surface area contributed by atoms with E-state index in [0.717, 1.165) is 5.56 Å². The predicted octanol–water partition coefficient (Wildman–Crippen LogP) is 5.03. The summed E-state index contributed by atoms with van der Waals surface area (Å²) < 4.78 is 0. The first-order chi connectivity index (χ1) is 14.8. The van der Waals surface area contributed by atoms with Crippen molar-refractivity contribution in [2.75, 3.05) is 0 Å². The van der Waals surface area contributed by atoms with Gasteiger partial charge in [-0.15, -0.1) is 0 Å². The van der Waals surface area contributed by atoms with Crippen LogP contribution >= 0.6 is 16.5 Å². The van der Waals surface area contributed by atoms with Crippen molar-refractivity contribution >= 4 is 38.1 Å². The fourth-order valence-electron chi connectivity index (χ4n) is 3.51. The van der Waals surface area contributed by atoms with E-state index in [1.807, 2.05) is 54.3 Å². The monoisotopic (exact) mass is 612 g/mol. The zero-order chi connectivity index (χ0) is 21.2. The van der Waals surface area contributed by atoms with Gasteiger partial charge in [0.15, 0.2) is 0 Å². The van der Waals surface area contributed by atoms with Crippen LogP contribution in [-0.4, -0.2) is 0 Å². The quantitative estimate of drug-likeness (QED) is 0.176. The third kappa shape index (κ3) is 4.95. The van der Waals surface area contributed by atoms with Gasteiger partial charge in [0.05, 0.1) is 5.82 Å². The Morgan fingerprint density at radius 1 is 0.567 bits per heavy atom. The molecule has 1 nitrogen and oxygen atoms in total. The minimum atomic E-state index is -2.25. The molecule has 30 heavy (non-hydrogen) atoms. The van der Waals surface area contributed by atoms with Crippen molar-refractivity contribution in [3.05, 3.63) is 133 Å². The molecule has 0 fully saturated rings. The maximum absolute atomic E-state index is 13.4. The van der Waals surface area contributed by atoms with Crippen molar-refractivity contribution in [3.63, 3.8) is 0 Å². The molecule has 0 spiro atoms. The largest absolute Gasteiger partial charge is 0.870 e. The number of halogens is 1. The number of rotatable bonds is 5.